The van der Waals surface area contributed by atoms with Gasteiger partial charge in [0.05, 0.1) is 16.0 Å². The molecule has 3 rings (SSSR count). The summed E-state index contributed by atoms with van der Waals surface area (Å²) >= 11 is 3.47. The monoisotopic (exact) mass is 501 g/mol. The van der Waals surface area contributed by atoms with Crippen LogP contribution in [0.25, 0.3) is 6.08 Å². The lowest BCUT2D eigenvalue weighted by molar-refractivity contribution is -0.384. The van der Waals surface area contributed by atoms with E-state index in [2.05, 4.69) is 27.8 Å². The van der Waals surface area contributed by atoms with E-state index in [-0.39, 0.29) is 24.5 Å². The Morgan fingerprint density at radius 1 is 1.22 bits per heavy atom. The molecule has 3 amide bonds. The maximum Gasteiger partial charge on any atom is 0.329 e. The number of hydrogen-bond donors (Lipinski definition) is 1. The highest BCUT2D eigenvalue weighted by atomic mass is 79.9. The Kier molecular flexibility index (Phi) is 7.26. The molecule has 1 aliphatic heterocycles. The van der Waals surface area contributed by atoms with Crippen LogP contribution in [0.15, 0.2) is 59.2 Å². The highest BCUT2D eigenvalue weighted by molar-refractivity contribution is 9.10. The van der Waals surface area contributed by atoms with Gasteiger partial charge in [0, 0.05) is 18.7 Å². The molecule has 1 fully saturated rings. The van der Waals surface area contributed by atoms with Crippen LogP contribution in [-0.4, -0.2) is 34.9 Å². The Morgan fingerprint density at radius 3 is 2.56 bits per heavy atom. The van der Waals surface area contributed by atoms with Gasteiger partial charge in [-0.2, -0.15) is 0 Å². The number of halogens is 1. The zero-order valence-corrected chi connectivity index (χ0v) is 18.8. The molecular weight excluding hydrogens is 482 g/mol. The minimum absolute atomic E-state index is 0.00235. The molecule has 32 heavy (non-hydrogen) atoms. The fourth-order valence-corrected chi connectivity index (χ4v) is 3.55. The largest absolute Gasteiger partial charge is 0.490 e. The molecular formula is C22H20BrN3O6. The number of urea groups is 1. The number of benzene rings is 2. The van der Waals surface area contributed by atoms with Crippen molar-refractivity contribution in [3.05, 3.63) is 80.5 Å². The number of amides is 3. The van der Waals surface area contributed by atoms with Crippen LogP contribution >= 0.6 is 15.9 Å². The molecule has 0 bridgehead atoms. The number of ether oxygens (including phenoxy) is 2. The molecule has 0 aliphatic carbocycles. The number of nitro groups is 1. The summed E-state index contributed by atoms with van der Waals surface area (Å²) in [6, 6.07) is 8.99. The van der Waals surface area contributed by atoms with E-state index in [1.807, 2.05) is 6.92 Å². The molecule has 10 heteroatoms. The number of nitro benzene ring substituents is 1. The van der Waals surface area contributed by atoms with Crippen molar-refractivity contribution in [2.45, 2.75) is 13.5 Å². The number of carbonyl (C=O) groups is 2. The standard InChI is InChI=1S/C22H20BrN3O6/c1-3-9-25-21(27)18(24-22(25)28)11-15-10-17(23)20(19(12-15)31-4-2)32-13-14-5-7-16(8-6-14)26(29)30/h3,5-8,10-12H,1,4,9,13H2,2H3,(H,24,28)/b18-11+. The maximum absolute atomic E-state index is 12.4. The van der Waals surface area contributed by atoms with Crippen molar-refractivity contribution in [2.24, 2.45) is 0 Å². The fourth-order valence-electron chi connectivity index (χ4n) is 2.98. The van der Waals surface area contributed by atoms with E-state index in [0.717, 1.165) is 10.5 Å². The first-order valence-corrected chi connectivity index (χ1v) is 10.4. The minimum atomic E-state index is -0.506. The van der Waals surface area contributed by atoms with Crippen molar-refractivity contribution in [1.29, 1.82) is 0 Å². The Labute approximate surface area is 192 Å². The molecule has 1 N–H and O–H groups in total. The summed E-state index contributed by atoms with van der Waals surface area (Å²) < 4.78 is 12.2. The molecule has 1 saturated heterocycles. The summed E-state index contributed by atoms with van der Waals surface area (Å²) in [5.74, 6) is 0.445. The van der Waals surface area contributed by atoms with Gasteiger partial charge < -0.3 is 14.8 Å². The normalized spacial score (nSPS) is 14.4. The lowest BCUT2D eigenvalue weighted by Crippen LogP contribution is -2.30. The van der Waals surface area contributed by atoms with Crippen LogP contribution in [0.5, 0.6) is 11.5 Å². The summed E-state index contributed by atoms with van der Waals surface area (Å²) in [5.41, 5.74) is 1.51. The topological polar surface area (TPSA) is 111 Å². The Hall–Kier alpha value is -3.66. The van der Waals surface area contributed by atoms with Crippen molar-refractivity contribution >= 4 is 39.6 Å². The quantitative estimate of drug-likeness (QED) is 0.179. The summed E-state index contributed by atoms with van der Waals surface area (Å²) in [6.07, 6.45) is 3.03. The van der Waals surface area contributed by atoms with Gasteiger partial charge in [-0.25, -0.2) is 4.79 Å². The second kappa shape index (κ2) is 10.1. The van der Waals surface area contributed by atoms with Gasteiger partial charge in [0.1, 0.15) is 12.3 Å². The molecule has 0 aromatic heterocycles. The molecule has 0 saturated carbocycles. The number of nitrogens with zero attached hydrogens (tertiary/aromatic N) is 2. The zero-order chi connectivity index (χ0) is 23.3. The van der Waals surface area contributed by atoms with Crippen molar-refractivity contribution in [2.75, 3.05) is 13.2 Å². The van der Waals surface area contributed by atoms with Gasteiger partial charge in [0.15, 0.2) is 11.5 Å². The van der Waals surface area contributed by atoms with Crippen LogP contribution in [0.2, 0.25) is 0 Å². The molecule has 2 aromatic carbocycles. The first kappa shape index (κ1) is 23.0. The molecule has 0 spiro atoms. The predicted molar refractivity (Wildman–Crippen MR) is 121 cm³/mol. The van der Waals surface area contributed by atoms with Crippen LogP contribution in [0.3, 0.4) is 0 Å². The van der Waals surface area contributed by atoms with Gasteiger partial charge in [-0.1, -0.05) is 6.08 Å². The van der Waals surface area contributed by atoms with Crippen molar-refractivity contribution in [1.82, 2.24) is 10.2 Å². The lowest BCUT2D eigenvalue weighted by Gasteiger charge is -2.15. The summed E-state index contributed by atoms with van der Waals surface area (Å²) in [6.45, 7) is 6.04. The third-order valence-corrected chi connectivity index (χ3v) is 5.04. The zero-order valence-electron chi connectivity index (χ0n) is 17.2. The average molecular weight is 502 g/mol. The molecule has 166 valence electrons. The summed E-state index contributed by atoms with van der Waals surface area (Å²) in [5, 5.41) is 13.3. The highest BCUT2D eigenvalue weighted by Crippen LogP contribution is 2.38. The van der Waals surface area contributed by atoms with Crippen LogP contribution in [0.4, 0.5) is 10.5 Å². The first-order chi connectivity index (χ1) is 15.3. The summed E-state index contributed by atoms with van der Waals surface area (Å²) in [4.78, 5) is 35.8. The minimum Gasteiger partial charge on any atom is -0.490 e. The second-order valence-electron chi connectivity index (χ2n) is 6.67. The van der Waals surface area contributed by atoms with Gasteiger partial charge >= 0.3 is 6.03 Å². The Morgan fingerprint density at radius 2 is 1.94 bits per heavy atom. The van der Waals surface area contributed by atoms with E-state index < -0.39 is 16.9 Å². The van der Waals surface area contributed by atoms with Crippen LogP contribution in [0.1, 0.15) is 18.1 Å². The van der Waals surface area contributed by atoms with E-state index in [1.54, 1.807) is 30.3 Å². The van der Waals surface area contributed by atoms with Crippen LogP contribution < -0.4 is 14.8 Å². The van der Waals surface area contributed by atoms with Gasteiger partial charge in [0.25, 0.3) is 11.6 Å². The van der Waals surface area contributed by atoms with E-state index in [4.69, 9.17) is 9.47 Å². The number of imide groups is 1. The van der Waals surface area contributed by atoms with Gasteiger partial charge in [-0.05, 0) is 64.3 Å². The number of nitrogens with one attached hydrogen (secondary N) is 1. The first-order valence-electron chi connectivity index (χ1n) is 9.62. The van der Waals surface area contributed by atoms with Gasteiger partial charge in [-0.15, -0.1) is 6.58 Å². The molecule has 1 heterocycles. The molecule has 2 aromatic rings. The smallest absolute Gasteiger partial charge is 0.329 e. The molecule has 0 unspecified atom stereocenters. The fraction of sp³-hybridized carbons (Fsp3) is 0.182. The Balaban J connectivity index is 1.83. The van der Waals surface area contributed by atoms with Gasteiger partial charge in [0.2, 0.25) is 0 Å². The maximum atomic E-state index is 12.4. The predicted octanol–water partition coefficient (Wildman–Crippen LogP) is 4.41. The third kappa shape index (κ3) is 5.14. The molecule has 0 radical (unpaired) electrons. The number of carbonyl (C=O) groups excluding carboxylic acids is 2. The number of rotatable bonds is 9. The lowest BCUT2D eigenvalue weighted by atomic mass is 10.1. The number of non-ortho nitro benzene ring substituents is 1. The Bertz CT molecular complexity index is 1100. The van der Waals surface area contributed by atoms with E-state index in [1.165, 1.54) is 18.2 Å². The molecule has 9 nitrogen and oxygen atoms in total. The van der Waals surface area contributed by atoms with Crippen molar-refractivity contribution < 1.29 is 24.0 Å². The second-order valence-corrected chi connectivity index (χ2v) is 7.52. The van der Waals surface area contributed by atoms with Crippen molar-refractivity contribution in [3.8, 4) is 11.5 Å². The van der Waals surface area contributed by atoms with Crippen molar-refractivity contribution in [3.63, 3.8) is 0 Å². The van der Waals surface area contributed by atoms with Crippen LogP contribution in [-0.2, 0) is 11.4 Å². The third-order valence-electron chi connectivity index (χ3n) is 4.45. The highest BCUT2D eigenvalue weighted by Gasteiger charge is 2.32. The SMILES string of the molecule is C=CCN1C(=O)N/C(=C/c2cc(Br)c(OCc3ccc([N+](=O)[O-])cc3)c(OCC)c2)C1=O. The molecule has 1 aliphatic rings. The van der Waals surface area contributed by atoms with E-state index in [0.29, 0.717) is 28.1 Å². The molecule has 0 atom stereocenters. The number of hydrogen-bond acceptors (Lipinski definition) is 6. The average Bonchev–Trinajstić information content (AvgIpc) is 3.01. The van der Waals surface area contributed by atoms with E-state index in [9.17, 15) is 19.7 Å². The summed E-state index contributed by atoms with van der Waals surface area (Å²) in [7, 11) is 0. The van der Waals surface area contributed by atoms with Crippen LogP contribution in [0, 0.1) is 10.1 Å². The van der Waals surface area contributed by atoms with E-state index >= 15 is 0 Å². The van der Waals surface area contributed by atoms with Gasteiger partial charge in [-0.3, -0.25) is 19.8 Å².